The van der Waals surface area contributed by atoms with Crippen LogP contribution in [0.4, 0.5) is 0 Å². The summed E-state index contributed by atoms with van der Waals surface area (Å²) in [5, 5.41) is 0. The number of unbranched alkanes of at least 4 members (excludes halogenated alkanes) is 1. The van der Waals surface area contributed by atoms with Crippen LogP contribution in [0.1, 0.15) is 33.1 Å². The zero-order valence-electron chi connectivity index (χ0n) is 7.14. The zero-order valence-corrected chi connectivity index (χ0v) is 7.14. The minimum atomic E-state index is 0.375. The molecule has 0 aromatic heterocycles. The standard InChI is InChI=1S/C9H19N/c1-4-5-6-7-9(10)8(2)3/h4,8-9H,1,5-7,10H2,2-3H3/t9-/m0/s1. The second-order valence-electron chi connectivity index (χ2n) is 3.13. The van der Waals surface area contributed by atoms with Crippen LogP contribution >= 0.6 is 0 Å². The molecule has 0 saturated heterocycles. The lowest BCUT2D eigenvalue weighted by Crippen LogP contribution is -2.25. The predicted octanol–water partition coefficient (Wildman–Crippen LogP) is 2.33. The molecule has 2 N–H and O–H groups in total. The van der Waals surface area contributed by atoms with E-state index < -0.39 is 0 Å². The van der Waals surface area contributed by atoms with Crippen molar-refractivity contribution in [1.82, 2.24) is 0 Å². The lowest BCUT2D eigenvalue weighted by Gasteiger charge is -2.13. The molecular formula is C9H19N. The second-order valence-corrected chi connectivity index (χ2v) is 3.13. The number of hydrogen-bond donors (Lipinski definition) is 1. The van der Waals surface area contributed by atoms with Gasteiger partial charge in [0.05, 0.1) is 0 Å². The van der Waals surface area contributed by atoms with E-state index in [1.54, 1.807) is 0 Å². The molecule has 0 rings (SSSR count). The maximum atomic E-state index is 5.82. The number of rotatable bonds is 5. The van der Waals surface area contributed by atoms with Gasteiger partial charge in [-0.1, -0.05) is 19.9 Å². The van der Waals surface area contributed by atoms with E-state index in [2.05, 4.69) is 20.4 Å². The molecule has 0 aromatic carbocycles. The Hall–Kier alpha value is -0.300. The summed E-state index contributed by atoms with van der Waals surface area (Å²) in [6.07, 6.45) is 5.36. The molecule has 1 atom stereocenters. The van der Waals surface area contributed by atoms with E-state index in [1.165, 1.54) is 6.42 Å². The SMILES string of the molecule is C=CCCC[C@H](N)C(C)C. The second kappa shape index (κ2) is 5.48. The quantitative estimate of drug-likeness (QED) is 0.461. The monoisotopic (exact) mass is 141 g/mol. The third kappa shape index (κ3) is 4.57. The fourth-order valence-electron chi connectivity index (χ4n) is 0.831. The smallest absolute Gasteiger partial charge is 0.00620 e. The summed E-state index contributed by atoms with van der Waals surface area (Å²) in [4.78, 5) is 0. The van der Waals surface area contributed by atoms with Crippen molar-refractivity contribution in [3.05, 3.63) is 12.7 Å². The molecule has 0 saturated carbocycles. The molecule has 0 fully saturated rings. The highest BCUT2D eigenvalue weighted by atomic mass is 14.6. The summed E-state index contributed by atoms with van der Waals surface area (Å²) in [7, 11) is 0. The molecule has 0 unspecified atom stereocenters. The molecule has 0 aliphatic heterocycles. The third-order valence-corrected chi connectivity index (χ3v) is 1.80. The molecular weight excluding hydrogens is 122 g/mol. The molecule has 0 radical (unpaired) electrons. The third-order valence-electron chi connectivity index (χ3n) is 1.80. The van der Waals surface area contributed by atoms with Crippen molar-refractivity contribution in [2.75, 3.05) is 0 Å². The maximum absolute atomic E-state index is 5.82. The Bertz CT molecular complexity index is 86.7. The lowest BCUT2D eigenvalue weighted by atomic mass is 10.00. The van der Waals surface area contributed by atoms with Crippen LogP contribution in [0.15, 0.2) is 12.7 Å². The van der Waals surface area contributed by atoms with Crippen molar-refractivity contribution < 1.29 is 0 Å². The minimum Gasteiger partial charge on any atom is -0.327 e. The Kier molecular flexibility index (Phi) is 5.32. The van der Waals surface area contributed by atoms with Crippen LogP contribution < -0.4 is 5.73 Å². The van der Waals surface area contributed by atoms with Crippen molar-refractivity contribution >= 4 is 0 Å². The van der Waals surface area contributed by atoms with Gasteiger partial charge in [0.1, 0.15) is 0 Å². The highest BCUT2D eigenvalue weighted by Crippen LogP contribution is 2.07. The van der Waals surface area contributed by atoms with Crippen LogP contribution in [-0.2, 0) is 0 Å². The van der Waals surface area contributed by atoms with Crippen LogP contribution in [0.3, 0.4) is 0 Å². The summed E-state index contributed by atoms with van der Waals surface area (Å²) < 4.78 is 0. The van der Waals surface area contributed by atoms with E-state index in [-0.39, 0.29) is 0 Å². The van der Waals surface area contributed by atoms with Gasteiger partial charge in [-0.05, 0) is 25.2 Å². The molecule has 0 amide bonds. The zero-order chi connectivity index (χ0) is 7.98. The summed E-state index contributed by atoms with van der Waals surface area (Å²) in [5.74, 6) is 0.616. The predicted molar refractivity (Wildman–Crippen MR) is 46.9 cm³/mol. The normalized spacial score (nSPS) is 13.6. The van der Waals surface area contributed by atoms with E-state index >= 15 is 0 Å². The van der Waals surface area contributed by atoms with Crippen LogP contribution in [0.5, 0.6) is 0 Å². The molecule has 1 heteroatoms. The van der Waals surface area contributed by atoms with Crippen molar-refractivity contribution in [1.29, 1.82) is 0 Å². The van der Waals surface area contributed by atoms with Gasteiger partial charge in [-0.2, -0.15) is 0 Å². The van der Waals surface area contributed by atoms with Gasteiger partial charge < -0.3 is 5.73 Å². The molecule has 0 bridgehead atoms. The fourth-order valence-corrected chi connectivity index (χ4v) is 0.831. The maximum Gasteiger partial charge on any atom is 0.00620 e. The first-order chi connectivity index (χ1) is 4.68. The molecule has 0 spiro atoms. The molecule has 10 heavy (non-hydrogen) atoms. The van der Waals surface area contributed by atoms with Gasteiger partial charge in [0, 0.05) is 6.04 Å². The van der Waals surface area contributed by atoms with Gasteiger partial charge in [-0.25, -0.2) is 0 Å². The van der Waals surface area contributed by atoms with E-state index in [4.69, 9.17) is 5.73 Å². The van der Waals surface area contributed by atoms with Crippen LogP contribution in [0.2, 0.25) is 0 Å². The van der Waals surface area contributed by atoms with Gasteiger partial charge in [0.25, 0.3) is 0 Å². The van der Waals surface area contributed by atoms with Crippen molar-refractivity contribution in [2.45, 2.75) is 39.2 Å². The fraction of sp³-hybridized carbons (Fsp3) is 0.778. The number of allylic oxidation sites excluding steroid dienone is 1. The van der Waals surface area contributed by atoms with Crippen molar-refractivity contribution in [3.63, 3.8) is 0 Å². The van der Waals surface area contributed by atoms with Gasteiger partial charge in [-0.3, -0.25) is 0 Å². The first kappa shape index (κ1) is 9.70. The molecule has 0 aliphatic rings. The lowest BCUT2D eigenvalue weighted by molar-refractivity contribution is 0.453. The Morgan fingerprint density at radius 1 is 1.50 bits per heavy atom. The Morgan fingerprint density at radius 2 is 2.10 bits per heavy atom. The summed E-state index contributed by atoms with van der Waals surface area (Å²) >= 11 is 0. The molecule has 0 heterocycles. The van der Waals surface area contributed by atoms with Gasteiger partial charge in [0.15, 0.2) is 0 Å². The summed E-state index contributed by atoms with van der Waals surface area (Å²) in [6.45, 7) is 7.99. The highest BCUT2D eigenvalue weighted by molar-refractivity contribution is 4.70. The van der Waals surface area contributed by atoms with Crippen LogP contribution in [0, 0.1) is 5.92 Å². The topological polar surface area (TPSA) is 26.0 Å². The van der Waals surface area contributed by atoms with E-state index in [9.17, 15) is 0 Å². The van der Waals surface area contributed by atoms with Crippen molar-refractivity contribution in [3.8, 4) is 0 Å². The average molecular weight is 141 g/mol. The molecule has 60 valence electrons. The average Bonchev–Trinajstić information content (AvgIpc) is 1.88. The van der Waals surface area contributed by atoms with E-state index in [0.717, 1.165) is 12.8 Å². The summed E-state index contributed by atoms with van der Waals surface area (Å²) in [6, 6.07) is 0.375. The Morgan fingerprint density at radius 3 is 2.50 bits per heavy atom. The van der Waals surface area contributed by atoms with Crippen LogP contribution in [0.25, 0.3) is 0 Å². The molecule has 0 aliphatic carbocycles. The molecule has 1 nitrogen and oxygen atoms in total. The van der Waals surface area contributed by atoms with Gasteiger partial charge >= 0.3 is 0 Å². The van der Waals surface area contributed by atoms with Gasteiger partial charge in [-0.15, -0.1) is 6.58 Å². The molecule has 0 aromatic rings. The summed E-state index contributed by atoms with van der Waals surface area (Å²) in [5.41, 5.74) is 5.82. The van der Waals surface area contributed by atoms with Crippen molar-refractivity contribution in [2.24, 2.45) is 11.7 Å². The van der Waals surface area contributed by atoms with E-state index in [1.807, 2.05) is 6.08 Å². The largest absolute Gasteiger partial charge is 0.327 e. The number of nitrogens with two attached hydrogens (primary N) is 1. The minimum absolute atomic E-state index is 0.375. The van der Waals surface area contributed by atoms with Crippen LogP contribution in [-0.4, -0.2) is 6.04 Å². The Balaban J connectivity index is 3.21. The Labute approximate surface area is 64.3 Å². The van der Waals surface area contributed by atoms with E-state index in [0.29, 0.717) is 12.0 Å². The first-order valence-electron chi connectivity index (χ1n) is 4.05. The highest BCUT2D eigenvalue weighted by Gasteiger charge is 2.05. The van der Waals surface area contributed by atoms with Gasteiger partial charge in [0.2, 0.25) is 0 Å². The number of hydrogen-bond acceptors (Lipinski definition) is 1. The first-order valence-corrected chi connectivity index (χ1v) is 4.05.